The summed E-state index contributed by atoms with van der Waals surface area (Å²) in [6, 6.07) is 19.0. The molecule has 0 heterocycles. The molecule has 0 N–H and O–H groups in total. The summed E-state index contributed by atoms with van der Waals surface area (Å²) < 4.78 is 6.03. The molecule has 5 heteroatoms. The van der Waals surface area contributed by atoms with Crippen LogP contribution in [0.2, 0.25) is 10.0 Å². The first-order valence-corrected chi connectivity index (χ1v) is 10.3. The molecule has 0 aromatic heterocycles. The molecular formula is C23H21BrCl2O2. The Morgan fingerprint density at radius 3 is 2.07 bits per heavy atom. The second kappa shape index (κ2) is 10.7. The highest BCUT2D eigenvalue weighted by Crippen LogP contribution is 2.31. The molecular weight excluding hydrogens is 459 g/mol. The molecule has 3 rings (SSSR count). The van der Waals surface area contributed by atoms with Gasteiger partial charge in [-0.1, -0.05) is 59.6 Å². The van der Waals surface area contributed by atoms with E-state index in [4.69, 9.17) is 27.9 Å². The number of hydrogen-bond donors (Lipinski definition) is 0. The van der Waals surface area contributed by atoms with E-state index in [9.17, 15) is 4.79 Å². The topological polar surface area (TPSA) is 26.3 Å². The molecule has 146 valence electrons. The molecule has 0 amide bonds. The van der Waals surface area contributed by atoms with Crippen LogP contribution in [-0.4, -0.2) is 12.6 Å². The van der Waals surface area contributed by atoms with Gasteiger partial charge in [-0.2, -0.15) is 0 Å². The molecule has 3 aromatic rings. The van der Waals surface area contributed by atoms with E-state index in [2.05, 4.69) is 15.9 Å². The zero-order valence-corrected chi connectivity index (χ0v) is 19.0. The molecule has 0 bridgehead atoms. The average Bonchev–Trinajstić information content (AvgIpc) is 2.66. The van der Waals surface area contributed by atoms with Crippen LogP contribution in [0.4, 0.5) is 0 Å². The Labute approximate surface area is 184 Å². The fourth-order valence-electron chi connectivity index (χ4n) is 2.54. The average molecular weight is 480 g/mol. The molecule has 2 nitrogen and oxygen atoms in total. The summed E-state index contributed by atoms with van der Waals surface area (Å²) in [5.41, 5.74) is 4.45. The Morgan fingerprint density at radius 1 is 0.893 bits per heavy atom. The van der Waals surface area contributed by atoms with Crippen molar-refractivity contribution in [2.24, 2.45) is 0 Å². The van der Waals surface area contributed by atoms with Crippen LogP contribution in [0.1, 0.15) is 28.4 Å². The lowest BCUT2D eigenvalue weighted by Crippen LogP contribution is -2.06. The van der Waals surface area contributed by atoms with Crippen molar-refractivity contribution in [2.75, 3.05) is 6.61 Å². The number of halogens is 3. The van der Waals surface area contributed by atoms with Crippen LogP contribution in [0.3, 0.4) is 0 Å². The van der Waals surface area contributed by atoms with Crippen LogP contribution in [0.5, 0.6) is 0 Å². The fourth-order valence-corrected chi connectivity index (χ4v) is 3.36. The van der Waals surface area contributed by atoms with Crippen molar-refractivity contribution in [3.05, 3.63) is 91.9 Å². The lowest BCUT2D eigenvalue weighted by atomic mass is 9.99. The van der Waals surface area contributed by atoms with E-state index < -0.39 is 0 Å². The van der Waals surface area contributed by atoms with Crippen molar-refractivity contribution in [1.29, 1.82) is 0 Å². The number of aryl methyl sites for hydroxylation is 2. The third kappa shape index (κ3) is 6.10. The van der Waals surface area contributed by atoms with Crippen LogP contribution in [0.15, 0.2) is 65.1 Å². The van der Waals surface area contributed by atoms with Gasteiger partial charge in [0.1, 0.15) is 0 Å². The zero-order valence-electron chi connectivity index (χ0n) is 15.9. The Kier molecular flexibility index (Phi) is 8.56. The van der Waals surface area contributed by atoms with Gasteiger partial charge in [0.25, 0.3) is 0 Å². The van der Waals surface area contributed by atoms with Gasteiger partial charge in [-0.25, -0.2) is 4.79 Å². The van der Waals surface area contributed by atoms with Gasteiger partial charge in [-0.05, 0) is 77.7 Å². The summed E-state index contributed by atoms with van der Waals surface area (Å²) in [6.45, 7) is 6.14. The first kappa shape index (κ1) is 22.5. The predicted molar refractivity (Wildman–Crippen MR) is 121 cm³/mol. The minimum Gasteiger partial charge on any atom is -0.462 e. The summed E-state index contributed by atoms with van der Waals surface area (Å²) >= 11 is 15.3. The third-order valence-electron chi connectivity index (χ3n) is 3.91. The summed E-state index contributed by atoms with van der Waals surface area (Å²) in [4.78, 5) is 12.0. The number of esters is 1. The van der Waals surface area contributed by atoms with Crippen LogP contribution in [-0.2, 0) is 4.74 Å². The van der Waals surface area contributed by atoms with Gasteiger partial charge in [0, 0.05) is 15.1 Å². The van der Waals surface area contributed by atoms with Crippen molar-refractivity contribution in [3.63, 3.8) is 0 Å². The normalized spacial score (nSPS) is 10.1. The number of hydrogen-bond acceptors (Lipinski definition) is 2. The Balaban J connectivity index is 0.000000261. The van der Waals surface area contributed by atoms with Crippen molar-refractivity contribution in [2.45, 2.75) is 20.8 Å². The highest BCUT2D eigenvalue weighted by atomic mass is 79.9. The van der Waals surface area contributed by atoms with Crippen LogP contribution >= 0.6 is 39.1 Å². The molecule has 0 atom stereocenters. The largest absolute Gasteiger partial charge is 0.462 e. The maximum Gasteiger partial charge on any atom is 0.338 e. The van der Waals surface area contributed by atoms with Gasteiger partial charge >= 0.3 is 5.97 Å². The van der Waals surface area contributed by atoms with Crippen LogP contribution in [0, 0.1) is 13.8 Å². The number of ether oxygens (including phenoxy) is 1. The second-order valence-electron chi connectivity index (χ2n) is 6.17. The molecule has 0 unspecified atom stereocenters. The van der Waals surface area contributed by atoms with Crippen molar-refractivity contribution >= 4 is 45.1 Å². The van der Waals surface area contributed by atoms with E-state index in [1.807, 2.05) is 68.4 Å². The fraction of sp³-hybridized carbons (Fsp3) is 0.174. The van der Waals surface area contributed by atoms with E-state index in [1.165, 1.54) is 5.56 Å². The monoisotopic (exact) mass is 478 g/mol. The Hall–Kier alpha value is -1.81. The molecule has 0 aliphatic rings. The lowest BCUT2D eigenvalue weighted by molar-refractivity contribution is 0.0527. The third-order valence-corrected chi connectivity index (χ3v) is 5.46. The molecule has 0 saturated heterocycles. The second-order valence-corrected chi connectivity index (χ2v) is 7.84. The maximum absolute atomic E-state index is 12.0. The van der Waals surface area contributed by atoms with Crippen molar-refractivity contribution in [1.82, 2.24) is 0 Å². The molecule has 0 fully saturated rings. The number of carbonyl (C=O) groups is 1. The van der Waals surface area contributed by atoms with Gasteiger partial charge in [0.05, 0.1) is 17.2 Å². The van der Waals surface area contributed by atoms with Crippen molar-refractivity contribution < 1.29 is 9.53 Å². The quantitative estimate of drug-likeness (QED) is 0.356. The maximum atomic E-state index is 12.0. The smallest absolute Gasteiger partial charge is 0.338 e. The Morgan fingerprint density at radius 2 is 1.50 bits per heavy atom. The summed E-state index contributed by atoms with van der Waals surface area (Å²) in [7, 11) is 0. The molecule has 0 saturated carbocycles. The van der Waals surface area contributed by atoms with Gasteiger partial charge in [-0.15, -0.1) is 0 Å². The molecule has 0 aliphatic heterocycles. The number of rotatable bonds is 3. The lowest BCUT2D eigenvalue weighted by Gasteiger charge is -2.10. The van der Waals surface area contributed by atoms with E-state index >= 15 is 0 Å². The molecule has 28 heavy (non-hydrogen) atoms. The predicted octanol–water partition coefficient (Wildman–Crippen LogP) is 7.90. The highest BCUT2D eigenvalue weighted by molar-refractivity contribution is 9.10. The minimum absolute atomic E-state index is 0.324. The van der Waals surface area contributed by atoms with Gasteiger partial charge in [0.15, 0.2) is 0 Å². The van der Waals surface area contributed by atoms with E-state index in [0.29, 0.717) is 17.2 Å². The zero-order chi connectivity index (χ0) is 20.7. The van der Waals surface area contributed by atoms with Crippen molar-refractivity contribution in [3.8, 4) is 11.1 Å². The number of carbonyl (C=O) groups excluding carboxylic acids is 1. The molecule has 0 aliphatic carbocycles. The summed E-state index contributed by atoms with van der Waals surface area (Å²) in [5.74, 6) is -0.324. The van der Waals surface area contributed by atoms with Gasteiger partial charge in [0.2, 0.25) is 0 Å². The van der Waals surface area contributed by atoms with E-state index in [0.717, 1.165) is 26.2 Å². The SMILES string of the molecule is CCOC(=O)c1ccccc1-c1ccc(C)cc1Cl.Cc1ccc(Br)c(Cl)c1. The molecule has 0 radical (unpaired) electrons. The standard InChI is InChI=1S/C16H15ClO2.C7H6BrCl/c1-3-19-16(18)14-7-5-4-6-12(14)13-9-8-11(2)10-15(13)17;1-5-2-3-6(8)7(9)4-5/h4-10H,3H2,1-2H3;2-4H,1H3. The van der Waals surface area contributed by atoms with E-state index in [1.54, 1.807) is 13.0 Å². The highest BCUT2D eigenvalue weighted by Gasteiger charge is 2.15. The molecule has 3 aromatic carbocycles. The first-order chi connectivity index (χ1) is 13.3. The first-order valence-electron chi connectivity index (χ1n) is 8.77. The number of benzene rings is 3. The molecule has 0 spiro atoms. The van der Waals surface area contributed by atoms with Gasteiger partial charge < -0.3 is 4.74 Å². The van der Waals surface area contributed by atoms with Gasteiger partial charge in [-0.3, -0.25) is 0 Å². The summed E-state index contributed by atoms with van der Waals surface area (Å²) in [6.07, 6.45) is 0. The van der Waals surface area contributed by atoms with E-state index in [-0.39, 0.29) is 5.97 Å². The minimum atomic E-state index is -0.324. The Bertz CT molecular complexity index is 971. The summed E-state index contributed by atoms with van der Waals surface area (Å²) in [5, 5.41) is 1.41. The van der Waals surface area contributed by atoms with Crippen LogP contribution in [0.25, 0.3) is 11.1 Å². The van der Waals surface area contributed by atoms with Crippen LogP contribution < -0.4 is 0 Å².